The molecule has 9 heteroatoms. The van der Waals surface area contributed by atoms with E-state index in [2.05, 4.69) is 26.2 Å². The second-order valence-corrected chi connectivity index (χ2v) is 7.42. The lowest BCUT2D eigenvalue weighted by Crippen LogP contribution is -2.21. The zero-order chi connectivity index (χ0) is 20.8. The van der Waals surface area contributed by atoms with Crippen LogP contribution in [-0.2, 0) is 9.53 Å². The van der Waals surface area contributed by atoms with E-state index >= 15 is 0 Å². The van der Waals surface area contributed by atoms with Gasteiger partial charge in [0.25, 0.3) is 5.91 Å². The first-order valence-corrected chi connectivity index (χ1v) is 10.1. The molecule has 3 rings (SSSR count). The summed E-state index contributed by atoms with van der Waals surface area (Å²) in [5.41, 5.74) is 1.72. The number of hydrogen-bond donors (Lipinski definition) is 1. The average Bonchev–Trinajstić information content (AvgIpc) is 3.20. The molecular formula is C20H17BrN2O5S. The number of rotatable bonds is 7. The van der Waals surface area contributed by atoms with Gasteiger partial charge in [0.2, 0.25) is 0 Å². The first-order valence-electron chi connectivity index (χ1n) is 8.41. The molecule has 2 aromatic carbocycles. The molecule has 1 N–H and O–H groups in total. The highest BCUT2D eigenvalue weighted by Gasteiger charge is 2.15. The molecule has 0 bridgehead atoms. The Labute approximate surface area is 179 Å². The number of amides is 1. The summed E-state index contributed by atoms with van der Waals surface area (Å²) < 4.78 is 16.3. The minimum absolute atomic E-state index is 0.349. The van der Waals surface area contributed by atoms with Crippen LogP contribution in [0.25, 0.3) is 11.3 Å². The van der Waals surface area contributed by atoms with E-state index in [-0.39, 0.29) is 0 Å². The number of carbonyl (C=O) groups excluding carboxylic acids is 2. The van der Waals surface area contributed by atoms with Gasteiger partial charge in [0.05, 0.1) is 25.5 Å². The molecular weight excluding hydrogens is 460 g/mol. The smallest absolute Gasteiger partial charge is 0.339 e. The van der Waals surface area contributed by atoms with Crippen LogP contribution in [0, 0.1) is 0 Å². The van der Waals surface area contributed by atoms with Crippen LogP contribution in [0.4, 0.5) is 5.13 Å². The largest absolute Gasteiger partial charge is 0.497 e. The lowest BCUT2D eigenvalue weighted by molar-refractivity contribution is -0.119. The van der Waals surface area contributed by atoms with Gasteiger partial charge in [0, 0.05) is 15.4 Å². The minimum atomic E-state index is -0.589. The third-order valence-corrected chi connectivity index (χ3v) is 5.31. The van der Waals surface area contributed by atoms with Gasteiger partial charge in [-0.25, -0.2) is 9.78 Å². The summed E-state index contributed by atoms with van der Waals surface area (Å²) in [4.78, 5) is 28.6. The molecule has 0 aliphatic rings. The summed E-state index contributed by atoms with van der Waals surface area (Å²) in [6.45, 7) is -0.419. The second-order valence-electron chi connectivity index (χ2n) is 5.71. The molecule has 0 unspecified atom stereocenters. The number of esters is 1. The SMILES string of the molecule is COc1ccc(OC)c(-c2csc(NC(=O)COC(=O)c3ccccc3Br)n2)c1. The fourth-order valence-electron chi connectivity index (χ4n) is 2.46. The summed E-state index contributed by atoms with van der Waals surface area (Å²) in [6.07, 6.45) is 0. The lowest BCUT2D eigenvalue weighted by atomic mass is 10.1. The topological polar surface area (TPSA) is 86.8 Å². The van der Waals surface area contributed by atoms with Crippen molar-refractivity contribution in [1.29, 1.82) is 0 Å². The van der Waals surface area contributed by atoms with E-state index in [0.717, 1.165) is 5.56 Å². The van der Waals surface area contributed by atoms with E-state index in [0.29, 0.717) is 32.4 Å². The van der Waals surface area contributed by atoms with Crippen molar-refractivity contribution < 1.29 is 23.8 Å². The number of thiazole rings is 1. The van der Waals surface area contributed by atoms with Gasteiger partial charge < -0.3 is 14.2 Å². The molecule has 1 amide bonds. The van der Waals surface area contributed by atoms with E-state index in [1.54, 1.807) is 62.1 Å². The molecule has 0 aliphatic carbocycles. The van der Waals surface area contributed by atoms with Crippen LogP contribution in [0.2, 0.25) is 0 Å². The maximum absolute atomic E-state index is 12.1. The number of carbonyl (C=O) groups is 2. The Morgan fingerprint density at radius 2 is 1.93 bits per heavy atom. The summed E-state index contributed by atoms with van der Waals surface area (Å²) in [6, 6.07) is 12.2. The molecule has 0 fully saturated rings. The Kier molecular flexibility index (Phi) is 6.84. The third kappa shape index (κ3) is 5.12. The number of methoxy groups -OCH3 is 2. The molecule has 7 nitrogen and oxygen atoms in total. The van der Waals surface area contributed by atoms with Crippen molar-refractivity contribution in [2.75, 3.05) is 26.1 Å². The van der Waals surface area contributed by atoms with Crippen molar-refractivity contribution in [3.05, 3.63) is 57.9 Å². The molecule has 1 heterocycles. The maximum atomic E-state index is 12.1. The predicted octanol–water partition coefficient (Wildman–Crippen LogP) is 4.39. The highest BCUT2D eigenvalue weighted by atomic mass is 79.9. The number of hydrogen-bond acceptors (Lipinski definition) is 7. The molecule has 150 valence electrons. The van der Waals surface area contributed by atoms with Gasteiger partial charge in [-0.1, -0.05) is 12.1 Å². The van der Waals surface area contributed by atoms with Gasteiger partial charge >= 0.3 is 5.97 Å². The fourth-order valence-corrected chi connectivity index (χ4v) is 3.63. The van der Waals surface area contributed by atoms with Crippen LogP contribution in [0.5, 0.6) is 11.5 Å². The first kappa shape index (κ1) is 20.8. The van der Waals surface area contributed by atoms with Crippen LogP contribution in [0.3, 0.4) is 0 Å². The molecule has 0 radical (unpaired) electrons. The molecule has 0 atom stereocenters. The Balaban J connectivity index is 1.64. The van der Waals surface area contributed by atoms with Gasteiger partial charge in [-0.2, -0.15) is 0 Å². The highest BCUT2D eigenvalue weighted by molar-refractivity contribution is 9.10. The van der Waals surface area contributed by atoms with Crippen LogP contribution >= 0.6 is 27.3 Å². The number of aromatic nitrogens is 1. The third-order valence-electron chi connectivity index (χ3n) is 3.86. The van der Waals surface area contributed by atoms with E-state index in [1.807, 2.05) is 0 Å². The number of nitrogens with zero attached hydrogens (tertiary/aromatic N) is 1. The van der Waals surface area contributed by atoms with Gasteiger partial charge in [-0.05, 0) is 46.3 Å². The molecule has 29 heavy (non-hydrogen) atoms. The van der Waals surface area contributed by atoms with Crippen LogP contribution in [0.1, 0.15) is 10.4 Å². The highest BCUT2D eigenvalue weighted by Crippen LogP contribution is 2.35. The minimum Gasteiger partial charge on any atom is -0.497 e. The summed E-state index contributed by atoms with van der Waals surface area (Å²) in [5, 5.41) is 4.80. The van der Waals surface area contributed by atoms with Crippen molar-refractivity contribution in [2.45, 2.75) is 0 Å². The Morgan fingerprint density at radius 3 is 2.66 bits per heavy atom. The van der Waals surface area contributed by atoms with Crippen LogP contribution < -0.4 is 14.8 Å². The molecule has 3 aromatic rings. The van der Waals surface area contributed by atoms with Crippen LogP contribution in [-0.4, -0.2) is 37.7 Å². The van der Waals surface area contributed by atoms with Gasteiger partial charge in [0.15, 0.2) is 11.7 Å². The van der Waals surface area contributed by atoms with Gasteiger partial charge in [-0.15, -0.1) is 11.3 Å². The Hall–Kier alpha value is -2.91. The fraction of sp³-hybridized carbons (Fsp3) is 0.150. The number of ether oxygens (including phenoxy) is 3. The van der Waals surface area contributed by atoms with E-state index in [1.165, 1.54) is 11.3 Å². The van der Waals surface area contributed by atoms with E-state index in [4.69, 9.17) is 14.2 Å². The zero-order valence-corrected chi connectivity index (χ0v) is 18.0. The summed E-state index contributed by atoms with van der Waals surface area (Å²) in [7, 11) is 3.15. The molecule has 1 aromatic heterocycles. The van der Waals surface area contributed by atoms with E-state index < -0.39 is 18.5 Å². The van der Waals surface area contributed by atoms with Crippen molar-refractivity contribution in [3.63, 3.8) is 0 Å². The normalized spacial score (nSPS) is 10.3. The summed E-state index contributed by atoms with van der Waals surface area (Å²) in [5.74, 6) is 0.229. The van der Waals surface area contributed by atoms with Gasteiger partial charge in [0.1, 0.15) is 11.5 Å². The van der Waals surface area contributed by atoms with Crippen molar-refractivity contribution >= 4 is 44.3 Å². The van der Waals surface area contributed by atoms with Crippen molar-refractivity contribution in [3.8, 4) is 22.8 Å². The molecule has 0 aliphatic heterocycles. The van der Waals surface area contributed by atoms with Crippen molar-refractivity contribution in [2.24, 2.45) is 0 Å². The second kappa shape index (κ2) is 9.53. The quantitative estimate of drug-likeness (QED) is 0.509. The van der Waals surface area contributed by atoms with Gasteiger partial charge in [-0.3, -0.25) is 10.1 Å². The summed E-state index contributed by atoms with van der Waals surface area (Å²) >= 11 is 4.53. The number of nitrogens with one attached hydrogen (secondary N) is 1. The molecule has 0 saturated carbocycles. The standard InChI is InChI=1S/C20H17BrN2O5S/c1-26-12-7-8-17(27-2)14(9-12)16-11-29-20(22-16)23-18(24)10-28-19(25)13-5-3-4-6-15(13)21/h3-9,11H,10H2,1-2H3,(H,22,23,24). The Bertz CT molecular complexity index is 1040. The van der Waals surface area contributed by atoms with Crippen LogP contribution in [0.15, 0.2) is 52.3 Å². The predicted molar refractivity (Wildman–Crippen MR) is 114 cm³/mol. The monoisotopic (exact) mass is 476 g/mol. The Morgan fingerprint density at radius 1 is 1.14 bits per heavy atom. The number of halogens is 1. The number of benzene rings is 2. The van der Waals surface area contributed by atoms with E-state index in [9.17, 15) is 9.59 Å². The maximum Gasteiger partial charge on any atom is 0.339 e. The molecule has 0 saturated heterocycles. The zero-order valence-electron chi connectivity index (χ0n) is 15.6. The number of anilines is 1. The lowest BCUT2D eigenvalue weighted by Gasteiger charge is -2.08. The average molecular weight is 477 g/mol. The first-order chi connectivity index (χ1) is 14.0. The molecule has 0 spiro atoms. The van der Waals surface area contributed by atoms with Crippen molar-refractivity contribution in [1.82, 2.24) is 4.98 Å².